The number of carbonyl (C=O) groups is 1. The van der Waals surface area contributed by atoms with Crippen LogP contribution in [-0.2, 0) is 11.2 Å². The van der Waals surface area contributed by atoms with E-state index in [0.29, 0.717) is 5.92 Å². The number of nitrogens with zero attached hydrogens (tertiary/aromatic N) is 2. The van der Waals surface area contributed by atoms with Crippen LogP contribution < -0.4 is 0 Å². The van der Waals surface area contributed by atoms with Crippen molar-refractivity contribution in [3.8, 4) is 0 Å². The number of amides is 1. The molecule has 1 aliphatic rings. The van der Waals surface area contributed by atoms with Crippen molar-refractivity contribution in [3.63, 3.8) is 0 Å². The van der Waals surface area contributed by atoms with Crippen LogP contribution in [0.4, 0.5) is 0 Å². The number of carbonyl (C=O) groups excluding carboxylic acids is 1. The van der Waals surface area contributed by atoms with E-state index in [1.165, 1.54) is 10.7 Å². The molecule has 0 atom stereocenters. The van der Waals surface area contributed by atoms with Crippen molar-refractivity contribution in [3.05, 3.63) is 16.1 Å². The van der Waals surface area contributed by atoms with Crippen LogP contribution >= 0.6 is 11.3 Å². The Balaban J connectivity index is 1.96. The van der Waals surface area contributed by atoms with Crippen LogP contribution in [0.2, 0.25) is 0 Å². The zero-order valence-corrected chi connectivity index (χ0v) is 10.7. The Morgan fingerprint density at radius 3 is 2.75 bits per heavy atom. The Kier molecular flexibility index (Phi) is 3.59. The fraction of sp³-hybridized carbons (Fsp3) is 0.667. The molecule has 1 saturated heterocycles. The Labute approximate surface area is 100 Å². The predicted molar refractivity (Wildman–Crippen MR) is 65.7 cm³/mol. The van der Waals surface area contributed by atoms with Gasteiger partial charge in [0.2, 0.25) is 5.91 Å². The summed E-state index contributed by atoms with van der Waals surface area (Å²) in [5.41, 5.74) is 1.20. The lowest BCUT2D eigenvalue weighted by Crippen LogP contribution is -2.36. The highest BCUT2D eigenvalue weighted by Gasteiger charge is 2.23. The molecule has 1 fully saturated rings. The molecule has 0 aromatic carbocycles. The standard InChI is InChI=1S/C12H18N2OS/c1-3-11-8-16-12(13-11)10-4-6-14(7-5-10)9(2)15/h8,10H,3-7H2,1-2H3. The molecular formula is C12H18N2OS. The summed E-state index contributed by atoms with van der Waals surface area (Å²) in [5, 5.41) is 3.42. The third kappa shape index (κ3) is 2.43. The molecule has 88 valence electrons. The lowest BCUT2D eigenvalue weighted by molar-refractivity contribution is -0.129. The highest BCUT2D eigenvalue weighted by atomic mass is 32.1. The van der Waals surface area contributed by atoms with Gasteiger partial charge in [0, 0.05) is 31.3 Å². The van der Waals surface area contributed by atoms with Crippen LogP contribution in [-0.4, -0.2) is 28.9 Å². The monoisotopic (exact) mass is 238 g/mol. The van der Waals surface area contributed by atoms with Crippen molar-refractivity contribution in [2.75, 3.05) is 13.1 Å². The van der Waals surface area contributed by atoms with E-state index in [9.17, 15) is 4.79 Å². The first kappa shape index (κ1) is 11.6. The van der Waals surface area contributed by atoms with Crippen molar-refractivity contribution in [2.24, 2.45) is 0 Å². The molecular weight excluding hydrogens is 220 g/mol. The third-order valence-corrected chi connectivity index (χ3v) is 4.28. The fourth-order valence-corrected chi connectivity index (χ4v) is 3.19. The Morgan fingerprint density at radius 1 is 1.56 bits per heavy atom. The van der Waals surface area contributed by atoms with Gasteiger partial charge in [-0.1, -0.05) is 6.92 Å². The highest BCUT2D eigenvalue weighted by molar-refractivity contribution is 7.09. The minimum Gasteiger partial charge on any atom is -0.343 e. The average Bonchev–Trinajstić information content (AvgIpc) is 2.77. The van der Waals surface area contributed by atoms with E-state index in [4.69, 9.17) is 0 Å². The smallest absolute Gasteiger partial charge is 0.219 e. The van der Waals surface area contributed by atoms with Gasteiger partial charge in [-0.25, -0.2) is 4.98 Å². The van der Waals surface area contributed by atoms with Crippen molar-refractivity contribution < 1.29 is 4.79 Å². The molecule has 0 aliphatic carbocycles. The first-order valence-corrected chi connectivity index (χ1v) is 6.78. The maximum absolute atomic E-state index is 11.2. The van der Waals surface area contributed by atoms with E-state index in [1.54, 1.807) is 18.3 Å². The van der Waals surface area contributed by atoms with Gasteiger partial charge in [0.15, 0.2) is 0 Å². The molecule has 0 spiro atoms. The molecule has 3 nitrogen and oxygen atoms in total. The van der Waals surface area contributed by atoms with Gasteiger partial charge in [-0.05, 0) is 19.3 Å². The van der Waals surface area contributed by atoms with E-state index in [2.05, 4.69) is 17.3 Å². The summed E-state index contributed by atoms with van der Waals surface area (Å²) in [7, 11) is 0. The van der Waals surface area contributed by atoms with E-state index in [0.717, 1.165) is 32.4 Å². The minimum atomic E-state index is 0.201. The van der Waals surface area contributed by atoms with Gasteiger partial charge in [0.25, 0.3) is 0 Å². The first-order valence-electron chi connectivity index (χ1n) is 5.90. The fourth-order valence-electron chi connectivity index (χ4n) is 2.11. The van der Waals surface area contributed by atoms with Crippen molar-refractivity contribution in [1.29, 1.82) is 0 Å². The summed E-state index contributed by atoms with van der Waals surface area (Å²) in [6, 6.07) is 0. The van der Waals surface area contributed by atoms with Gasteiger partial charge in [-0.3, -0.25) is 4.79 Å². The number of rotatable bonds is 2. The van der Waals surface area contributed by atoms with Crippen LogP contribution in [0.3, 0.4) is 0 Å². The molecule has 0 radical (unpaired) electrons. The van der Waals surface area contributed by atoms with Crippen LogP contribution in [0.25, 0.3) is 0 Å². The Morgan fingerprint density at radius 2 is 2.25 bits per heavy atom. The van der Waals surface area contributed by atoms with Crippen molar-refractivity contribution in [1.82, 2.24) is 9.88 Å². The second-order valence-corrected chi connectivity index (χ2v) is 5.20. The van der Waals surface area contributed by atoms with Gasteiger partial charge in [-0.2, -0.15) is 0 Å². The van der Waals surface area contributed by atoms with Gasteiger partial charge in [0.1, 0.15) is 0 Å². The molecule has 1 aliphatic heterocycles. The van der Waals surface area contributed by atoms with Crippen LogP contribution in [0, 0.1) is 0 Å². The number of hydrogen-bond donors (Lipinski definition) is 0. The molecule has 0 N–H and O–H groups in total. The molecule has 1 amide bonds. The molecule has 0 unspecified atom stereocenters. The largest absolute Gasteiger partial charge is 0.343 e. The number of thiazole rings is 1. The number of aromatic nitrogens is 1. The second kappa shape index (κ2) is 4.95. The molecule has 1 aromatic rings. The Hall–Kier alpha value is -0.900. The summed E-state index contributed by atoms with van der Waals surface area (Å²) in [6.07, 6.45) is 3.15. The normalized spacial score (nSPS) is 17.8. The quantitative estimate of drug-likeness (QED) is 0.793. The molecule has 2 rings (SSSR count). The summed E-state index contributed by atoms with van der Waals surface area (Å²) < 4.78 is 0. The average molecular weight is 238 g/mol. The first-order chi connectivity index (χ1) is 7.70. The molecule has 4 heteroatoms. The molecule has 16 heavy (non-hydrogen) atoms. The predicted octanol–water partition coefficient (Wildman–Crippen LogP) is 2.43. The van der Waals surface area contributed by atoms with Crippen LogP contribution in [0.5, 0.6) is 0 Å². The summed E-state index contributed by atoms with van der Waals surface area (Å²) in [6.45, 7) is 5.57. The molecule has 2 heterocycles. The summed E-state index contributed by atoms with van der Waals surface area (Å²) in [5.74, 6) is 0.771. The van der Waals surface area contributed by atoms with E-state index >= 15 is 0 Å². The van der Waals surface area contributed by atoms with Gasteiger partial charge in [-0.15, -0.1) is 11.3 Å². The zero-order chi connectivity index (χ0) is 11.5. The topological polar surface area (TPSA) is 33.2 Å². The molecule has 1 aromatic heterocycles. The number of hydrogen-bond acceptors (Lipinski definition) is 3. The van der Waals surface area contributed by atoms with Crippen LogP contribution in [0.15, 0.2) is 5.38 Å². The SMILES string of the molecule is CCc1csc(C2CCN(C(C)=O)CC2)n1. The second-order valence-electron chi connectivity index (χ2n) is 4.31. The third-order valence-electron chi connectivity index (χ3n) is 3.22. The number of aryl methyl sites for hydroxylation is 1. The van der Waals surface area contributed by atoms with Gasteiger partial charge < -0.3 is 4.90 Å². The highest BCUT2D eigenvalue weighted by Crippen LogP contribution is 2.30. The van der Waals surface area contributed by atoms with Gasteiger partial charge in [0.05, 0.1) is 10.7 Å². The van der Waals surface area contributed by atoms with Gasteiger partial charge >= 0.3 is 0 Å². The summed E-state index contributed by atoms with van der Waals surface area (Å²) >= 11 is 1.78. The van der Waals surface area contributed by atoms with E-state index in [-0.39, 0.29) is 5.91 Å². The lowest BCUT2D eigenvalue weighted by atomic mass is 9.97. The van der Waals surface area contributed by atoms with Crippen molar-refractivity contribution >= 4 is 17.2 Å². The Bertz CT molecular complexity index is 367. The number of likely N-dealkylation sites (tertiary alicyclic amines) is 1. The number of piperidine rings is 1. The van der Waals surface area contributed by atoms with E-state index < -0.39 is 0 Å². The molecule has 0 saturated carbocycles. The van der Waals surface area contributed by atoms with Crippen molar-refractivity contribution in [2.45, 2.75) is 39.0 Å². The molecule has 0 bridgehead atoms. The maximum Gasteiger partial charge on any atom is 0.219 e. The lowest BCUT2D eigenvalue weighted by Gasteiger charge is -2.30. The van der Waals surface area contributed by atoms with Crippen LogP contribution in [0.1, 0.15) is 43.3 Å². The minimum absolute atomic E-state index is 0.201. The summed E-state index contributed by atoms with van der Waals surface area (Å²) in [4.78, 5) is 17.8. The zero-order valence-electron chi connectivity index (χ0n) is 9.90. The van der Waals surface area contributed by atoms with E-state index in [1.807, 2.05) is 4.90 Å². The maximum atomic E-state index is 11.2.